The van der Waals surface area contributed by atoms with Crippen LogP contribution in [0.1, 0.15) is 39.2 Å². The molecule has 31 heavy (non-hydrogen) atoms. The highest BCUT2D eigenvalue weighted by molar-refractivity contribution is 7.53. The van der Waals surface area contributed by atoms with Gasteiger partial charge in [0, 0.05) is 18.7 Å². The van der Waals surface area contributed by atoms with Gasteiger partial charge in [0.25, 0.3) is 0 Å². The van der Waals surface area contributed by atoms with Crippen LogP contribution in [0.15, 0.2) is 42.0 Å². The molecule has 0 aliphatic heterocycles. The van der Waals surface area contributed by atoms with E-state index < -0.39 is 13.7 Å². The van der Waals surface area contributed by atoms with Crippen molar-refractivity contribution in [3.05, 3.63) is 47.5 Å². The number of unbranched alkanes of at least 4 members (excludes halogenated alkanes) is 1. The van der Waals surface area contributed by atoms with Crippen molar-refractivity contribution < 1.29 is 32.7 Å². The summed E-state index contributed by atoms with van der Waals surface area (Å²) in [6.07, 6.45) is 2.52. The van der Waals surface area contributed by atoms with Crippen molar-refractivity contribution in [1.29, 1.82) is 0 Å². The number of hydrogen-bond acceptors (Lipinski definition) is 7. The Labute approximate surface area is 185 Å². The number of carbonyl (C=O) groups excluding carboxylic acids is 2. The van der Waals surface area contributed by atoms with Crippen LogP contribution in [-0.4, -0.2) is 56.5 Å². The normalized spacial score (nSPS) is 11.8. The molecule has 0 fully saturated rings. The summed E-state index contributed by atoms with van der Waals surface area (Å²) in [6, 6.07) is 9.38. The Morgan fingerprint density at radius 3 is 2.29 bits per heavy atom. The van der Waals surface area contributed by atoms with E-state index in [4.69, 9.17) is 13.8 Å². The lowest BCUT2D eigenvalue weighted by molar-refractivity contribution is -0.136. The van der Waals surface area contributed by atoms with Crippen molar-refractivity contribution in [2.75, 3.05) is 39.6 Å². The third-order valence-corrected chi connectivity index (χ3v) is 6.40. The minimum absolute atomic E-state index is 0.0755. The van der Waals surface area contributed by atoms with Gasteiger partial charge in [0.15, 0.2) is 0 Å². The number of nitrogens with zero attached hydrogens (tertiary/aromatic N) is 1. The molecule has 0 aliphatic carbocycles. The van der Waals surface area contributed by atoms with Gasteiger partial charge in [-0.1, -0.05) is 36.4 Å². The first kappa shape index (κ1) is 26.9. The average Bonchev–Trinajstić information content (AvgIpc) is 2.77. The van der Waals surface area contributed by atoms with Crippen molar-refractivity contribution in [3.63, 3.8) is 0 Å². The molecule has 0 aliphatic rings. The number of ether oxygens (including phenoxy) is 2. The van der Waals surface area contributed by atoms with Gasteiger partial charge < -0.3 is 23.4 Å². The monoisotopic (exact) mass is 455 g/mol. The highest BCUT2D eigenvalue weighted by Crippen LogP contribution is 2.47. The summed E-state index contributed by atoms with van der Waals surface area (Å²) in [7, 11) is -1.95. The van der Waals surface area contributed by atoms with Crippen molar-refractivity contribution >= 4 is 19.7 Å². The van der Waals surface area contributed by atoms with Crippen LogP contribution in [0.4, 0.5) is 4.79 Å². The Balaban J connectivity index is 2.74. The van der Waals surface area contributed by atoms with Gasteiger partial charge >= 0.3 is 19.7 Å². The van der Waals surface area contributed by atoms with Gasteiger partial charge in [-0.2, -0.15) is 0 Å². The summed E-state index contributed by atoms with van der Waals surface area (Å²) in [6.45, 7) is 6.37. The van der Waals surface area contributed by atoms with Crippen LogP contribution in [0, 0.1) is 0 Å². The molecular formula is C22H34NO7P. The number of rotatable bonds is 14. The van der Waals surface area contributed by atoms with Gasteiger partial charge in [-0.3, -0.25) is 4.57 Å². The van der Waals surface area contributed by atoms with E-state index in [0.717, 1.165) is 5.56 Å². The Morgan fingerprint density at radius 2 is 1.71 bits per heavy atom. The van der Waals surface area contributed by atoms with Crippen LogP contribution in [0.5, 0.6) is 0 Å². The van der Waals surface area contributed by atoms with E-state index in [2.05, 4.69) is 4.74 Å². The van der Waals surface area contributed by atoms with Gasteiger partial charge in [0.05, 0.1) is 26.5 Å². The summed E-state index contributed by atoms with van der Waals surface area (Å²) in [5.74, 6) is -0.381. The lowest BCUT2D eigenvalue weighted by Gasteiger charge is -2.24. The number of esters is 1. The van der Waals surface area contributed by atoms with E-state index in [1.807, 2.05) is 30.3 Å². The molecule has 0 radical (unpaired) electrons. The molecule has 8 nitrogen and oxygen atoms in total. The first-order chi connectivity index (χ1) is 14.8. The molecule has 0 bridgehead atoms. The van der Waals surface area contributed by atoms with E-state index in [9.17, 15) is 14.2 Å². The quantitative estimate of drug-likeness (QED) is 0.172. The molecule has 0 heterocycles. The molecule has 0 spiro atoms. The molecular weight excluding hydrogens is 421 g/mol. The number of carbonyl (C=O) groups is 2. The Hall–Kier alpha value is -2.15. The Bertz CT molecular complexity index is 741. The van der Waals surface area contributed by atoms with Gasteiger partial charge in [-0.05, 0) is 39.2 Å². The molecule has 0 N–H and O–H groups in total. The average molecular weight is 455 g/mol. The lowest BCUT2D eigenvalue weighted by atomic mass is 10.2. The van der Waals surface area contributed by atoms with Gasteiger partial charge in [0.2, 0.25) is 0 Å². The van der Waals surface area contributed by atoms with Gasteiger partial charge in [0.1, 0.15) is 6.61 Å². The predicted molar refractivity (Wildman–Crippen MR) is 119 cm³/mol. The SMILES string of the molecule is CCOP(=O)(CCN(CCC/C=C(/C)C(=O)OC)C(=O)OCc1ccccc1)OCC. The molecule has 9 heteroatoms. The second-order valence-corrected chi connectivity index (χ2v) is 8.90. The van der Waals surface area contributed by atoms with Crippen LogP contribution in [0.2, 0.25) is 0 Å². The zero-order valence-electron chi connectivity index (χ0n) is 18.9. The van der Waals surface area contributed by atoms with E-state index in [1.165, 1.54) is 12.0 Å². The second kappa shape index (κ2) is 14.8. The number of allylic oxidation sites excluding steroid dienone is 1. The summed E-state index contributed by atoms with van der Waals surface area (Å²) in [4.78, 5) is 25.6. The van der Waals surface area contributed by atoms with E-state index in [-0.39, 0.29) is 38.5 Å². The fourth-order valence-corrected chi connectivity index (χ4v) is 4.36. The smallest absolute Gasteiger partial charge is 0.410 e. The third kappa shape index (κ3) is 10.6. The molecule has 1 aromatic rings. The molecule has 174 valence electrons. The lowest BCUT2D eigenvalue weighted by Crippen LogP contribution is -2.35. The number of amides is 1. The number of methoxy groups -OCH3 is 1. The first-order valence-corrected chi connectivity index (χ1v) is 12.2. The van der Waals surface area contributed by atoms with Crippen LogP contribution in [-0.2, 0) is 34.5 Å². The maximum Gasteiger partial charge on any atom is 0.410 e. The van der Waals surface area contributed by atoms with Crippen molar-refractivity contribution in [3.8, 4) is 0 Å². The van der Waals surface area contributed by atoms with Crippen LogP contribution >= 0.6 is 7.60 Å². The van der Waals surface area contributed by atoms with Gasteiger partial charge in [-0.15, -0.1) is 0 Å². The summed E-state index contributed by atoms with van der Waals surface area (Å²) >= 11 is 0. The standard InChI is InChI=1S/C22H34NO7P/c1-5-29-31(26,30-6-2)17-16-23(15-11-10-12-19(3)21(24)27-4)22(25)28-18-20-13-8-7-9-14-20/h7-9,12-14H,5-6,10-11,15-18H2,1-4H3/b19-12-. The topological polar surface area (TPSA) is 91.4 Å². The maximum atomic E-state index is 12.8. The van der Waals surface area contributed by atoms with Crippen molar-refractivity contribution in [2.24, 2.45) is 0 Å². The minimum atomic E-state index is -3.28. The fourth-order valence-electron chi connectivity index (χ4n) is 2.75. The first-order valence-electron chi connectivity index (χ1n) is 10.4. The molecule has 1 amide bonds. The van der Waals surface area contributed by atoms with E-state index in [1.54, 1.807) is 26.8 Å². The third-order valence-electron chi connectivity index (χ3n) is 4.35. The number of benzene rings is 1. The molecule has 0 saturated heterocycles. The minimum Gasteiger partial charge on any atom is -0.466 e. The molecule has 0 atom stereocenters. The second-order valence-electron chi connectivity index (χ2n) is 6.72. The van der Waals surface area contributed by atoms with E-state index in [0.29, 0.717) is 25.0 Å². The summed E-state index contributed by atoms with van der Waals surface area (Å²) in [5, 5.41) is 0. The molecule has 0 aromatic heterocycles. The Kier molecular flexibility index (Phi) is 12.8. The largest absolute Gasteiger partial charge is 0.466 e. The highest BCUT2D eigenvalue weighted by Gasteiger charge is 2.26. The van der Waals surface area contributed by atoms with Crippen molar-refractivity contribution in [1.82, 2.24) is 4.90 Å². The fraction of sp³-hybridized carbons (Fsp3) is 0.545. The zero-order valence-corrected chi connectivity index (χ0v) is 19.8. The summed E-state index contributed by atoms with van der Waals surface area (Å²) < 4.78 is 33.5. The molecule has 0 unspecified atom stereocenters. The van der Waals surface area contributed by atoms with Crippen LogP contribution in [0.3, 0.4) is 0 Å². The van der Waals surface area contributed by atoms with Gasteiger partial charge in [-0.25, -0.2) is 9.59 Å². The Morgan fingerprint density at radius 1 is 1.06 bits per heavy atom. The van der Waals surface area contributed by atoms with Crippen LogP contribution in [0.25, 0.3) is 0 Å². The molecule has 1 rings (SSSR count). The highest BCUT2D eigenvalue weighted by atomic mass is 31.2. The predicted octanol–water partition coefficient (Wildman–Crippen LogP) is 4.79. The maximum absolute atomic E-state index is 12.8. The number of hydrogen-bond donors (Lipinski definition) is 0. The summed E-state index contributed by atoms with van der Waals surface area (Å²) in [5.41, 5.74) is 1.39. The molecule has 0 saturated carbocycles. The van der Waals surface area contributed by atoms with E-state index >= 15 is 0 Å². The van der Waals surface area contributed by atoms with Crippen LogP contribution < -0.4 is 0 Å². The zero-order chi connectivity index (χ0) is 23.1. The van der Waals surface area contributed by atoms with Crippen molar-refractivity contribution in [2.45, 2.75) is 40.2 Å². The molecule has 1 aromatic carbocycles.